The molecule has 30 heavy (non-hydrogen) atoms. The van der Waals surface area contributed by atoms with Crippen molar-refractivity contribution in [1.82, 2.24) is 15.1 Å². The van der Waals surface area contributed by atoms with Gasteiger partial charge in [0.15, 0.2) is 0 Å². The van der Waals surface area contributed by atoms with Gasteiger partial charge in [0.2, 0.25) is 11.8 Å². The lowest BCUT2D eigenvalue weighted by Crippen LogP contribution is -2.48. The molecule has 1 amide bonds. The van der Waals surface area contributed by atoms with Crippen molar-refractivity contribution in [2.45, 2.75) is 49.9 Å². The van der Waals surface area contributed by atoms with Crippen molar-refractivity contribution in [3.05, 3.63) is 59.3 Å². The number of hydrogen-bond acceptors (Lipinski definition) is 5. The van der Waals surface area contributed by atoms with Crippen LogP contribution in [0.2, 0.25) is 5.02 Å². The Balaban J connectivity index is 1.29. The molecule has 2 fully saturated rings. The van der Waals surface area contributed by atoms with E-state index in [4.69, 9.17) is 20.4 Å². The van der Waals surface area contributed by atoms with E-state index in [9.17, 15) is 4.79 Å². The molecular weight excluding hydrogens is 402 g/mol. The first-order chi connectivity index (χ1) is 14.7. The largest absolute Gasteiger partial charge is 0.472 e. The summed E-state index contributed by atoms with van der Waals surface area (Å²) in [6, 6.07) is 9.63. The van der Waals surface area contributed by atoms with Gasteiger partial charge >= 0.3 is 0 Å². The minimum Gasteiger partial charge on any atom is -0.472 e. The summed E-state index contributed by atoms with van der Waals surface area (Å²) in [6.45, 7) is 1.42. The number of carbonyl (C=O) groups is 1. The number of rotatable bonds is 4. The first-order valence-corrected chi connectivity index (χ1v) is 10.9. The molecule has 2 aliphatic rings. The van der Waals surface area contributed by atoms with Crippen molar-refractivity contribution in [1.29, 1.82) is 0 Å². The fourth-order valence-electron chi connectivity index (χ4n) is 4.91. The van der Waals surface area contributed by atoms with Crippen LogP contribution in [0.3, 0.4) is 0 Å². The number of piperidine rings is 1. The zero-order valence-corrected chi connectivity index (χ0v) is 17.5. The molecule has 0 N–H and O–H groups in total. The molecule has 3 aromatic rings. The summed E-state index contributed by atoms with van der Waals surface area (Å²) in [4.78, 5) is 15.7. The number of likely N-dealkylation sites (tertiary alicyclic amines) is 1. The molecule has 1 aromatic carbocycles. The molecule has 0 unspecified atom stereocenters. The van der Waals surface area contributed by atoms with Crippen molar-refractivity contribution in [3.8, 4) is 11.5 Å². The quantitative estimate of drug-likeness (QED) is 0.574. The first kappa shape index (κ1) is 19.4. The second kappa shape index (κ2) is 7.91. The van der Waals surface area contributed by atoms with Crippen LogP contribution in [0, 0.1) is 0 Å². The fourth-order valence-corrected chi connectivity index (χ4v) is 5.03. The highest BCUT2D eigenvalue weighted by molar-refractivity contribution is 6.30. The van der Waals surface area contributed by atoms with E-state index in [0.29, 0.717) is 29.9 Å². The molecule has 0 radical (unpaired) electrons. The van der Waals surface area contributed by atoms with Crippen LogP contribution in [0.4, 0.5) is 0 Å². The van der Waals surface area contributed by atoms with Crippen molar-refractivity contribution in [2.75, 3.05) is 13.1 Å². The van der Waals surface area contributed by atoms with E-state index in [-0.39, 0.29) is 11.8 Å². The molecule has 2 aromatic heterocycles. The molecule has 1 saturated carbocycles. The van der Waals surface area contributed by atoms with Crippen molar-refractivity contribution in [3.63, 3.8) is 0 Å². The minimum absolute atomic E-state index is 0.178. The molecule has 0 spiro atoms. The number of carbonyl (C=O) groups excluding carboxylic acids is 1. The number of hydrogen-bond donors (Lipinski definition) is 0. The number of benzene rings is 1. The molecule has 7 heteroatoms. The summed E-state index contributed by atoms with van der Waals surface area (Å²) in [5, 5.41) is 9.08. The predicted octanol–water partition coefficient (Wildman–Crippen LogP) is 5.20. The molecule has 156 valence electrons. The van der Waals surface area contributed by atoms with Gasteiger partial charge in [0.25, 0.3) is 5.89 Å². The minimum atomic E-state index is -0.406. The Labute approximate surface area is 180 Å². The molecule has 5 rings (SSSR count). The lowest BCUT2D eigenvalue weighted by Gasteiger charge is -2.38. The van der Waals surface area contributed by atoms with Gasteiger partial charge in [0.1, 0.15) is 6.26 Å². The van der Waals surface area contributed by atoms with Crippen LogP contribution in [0.15, 0.2) is 51.7 Å². The third-order valence-electron chi connectivity index (χ3n) is 6.60. The predicted molar refractivity (Wildman–Crippen MR) is 112 cm³/mol. The molecule has 6 nitrogen and oxygen atoms in total. The lowest BCUT2D eigenvalue weighted by atomic mass is 9.77. The van der Waals surface area contributed by atoms with Crippen LogP contribution in [0.1, 0.15) is 55.9 Å². The molecular formula is C23H24ClN3O3. The van der Waals surface area contributed by atoms with Crippen LogP contribution in [-0.4, -0.2) is 34.1 Å². The smallest absolute Gasteiger partial charge is 0.250 e. The topological polar surface area (TPSA) is 72.4 Å². The van der Waals surface area contributed by atoms with E-state index in [2.05, 4.69) is 10.2 Å². The fraction of sp³-hybridized carbons (Fsp3) is 0.435. The van der Waals surface area contributed by atoms with Gasteiger partial charge < -0.3 is 13.7 Å². The molecule has 1 saturated heterocycles. The Hall–Kier alpha value is -2.60. The van der Waals surface area contributed by atoms with Crippen molar-refractivity contribution in [2.24, 2.45) is 0 Å². The van der Waals surface area contributed by atoms with Gasteiger partial charge in [-0.25, -0.2) is 0 Å². The Morgan fingerprint density at radius 3 is 2.47 bits per heavy atom. The molecule has 3 heterocycles. The Bertz CT molecular complexity index is 999. The monoisotopic (exact) mass is 425 g/mol. The van der Waals surface area contributed by atoms with Gasteiger partial charge in [0, 0.05) is 24.0 Å². The third kappa shape index (κ3) is 3.43. The van der Waals surface area contributed by atoms with Crippen molar-refractivity contribution < 1.29 is 13.6 Å². The Morgan fingerprint density at radius 1 is 1.07 bits per heavy atom. The van der Waals surface area contributed by atoms with Gasteiger partial charge in [-0.2, -0.15) is 0 Å². The Morgan fingerprint density at radius 2 is 1.80 bits per heavy atom. The second-order valence-corrected chi connectivity index (χ2v) is 8.76. The first-order valence-electron chi connectivity index (χ1n) is 10.6. The number of aromatic nitrogens is 2. The zero-order valence-electron chi connectivity index (χ0n) is 16.7. The Kier molecular flexibility index (Phi) is 5.11. The van der Waals surface area contributed by atoms with E-state index >= 15 is 0 Å². The van der Waals surface area contributed by atoms with E-state index < -0.39 is 5.41 Å². The zero-order chi connectivity index (χ0) is 20.6. The van der Waals surface area contributed by atoms with Gasteiger partial charge in [-0.15, -0.1) is 10.2 Å². The summed E-state index contributed by atoms with van der Waals surface area (Å²) in [5.41, 5.74) is 1.47. The van der Waals surface area contributed by atoms with E-state index in [1.165, 1.54) is 0 Å². The van der Waals surface area contributed by atoms with Crippen LogP contribution in [-0.2, 0) is 10.2 Å². The maximum absolute atomic E-state index is 13.6. The summed E-state index contributed by atoms with van der Waals surface area (Å²) >= 11 is 6.08. The second-order valence-electron chi connectivity index (χ2n) is 8.32. The van der Waals surface area contributed by atoms with Gasteiger partial charge in [-0.3, -0.25) is 4.79 Å². The summed E-state index contributed by atoms with van der Waals surface area (Å²) < 4.78 is 11.0. The van der Waals surface area contributed by atoms with Gasteiger partial charge in [0.05, 0.1) is 17.2 Å². The van der Waals surface area contributed by atoms with Crippen LogP contribution in [0.25, 0.3) is 11.5 Å². The standard InChI is InChI=1S/C23H24ClN3O3/c24-19-5-3-18(4-6-19)23(10-1-2-11-23)22(28)27-12-7-16(8-13-27)20-25-26-21(30-20)17-9-14-29-15-17/h3-6,9,14-16H,1-2,7-8,10-13H2. The molecule has 0 bridgehead atoms. The van der Waals surface area contributed by atoms with Crippen LogP contribution >= 0.6 is 11.6 Å². The number of amides is 1. The van der Waals surface area contributed by atoms with E-state index in [0.717, 1.165) is 49.7 Å². The van der Waals surface area contributed by atoms with Crippen molar-refractivity contribution >= 4 is 17.5 Å². The SMILES string of the molecule is O=C(N1CCC(c2nnc(-c3ccoc3)o2)CC1)C1(c2ccc(Cl)cc2)CCCC1. The average molecular weight is 426 g/mol. The summed E-state index contributed by atoms with van der Waals surface area (Å²) in [5.74, 6) is 1.55. The molecule has 1 aliphatic heterocycles. The summed E-state index contributed by atoms with van der Waals surface area (Å²) in [7, 11) is 0. The normalized spacial score (nSPS) is 19.3. The maximum atomic E-state index is 13.6. The van der Waals surface area contributed by atoms with Gasteiger partial charge in [-0.1, -0.05) is 36.6 Å². The maximum Gasteiger partial charge on any atom is 0.250 e. The molecule has 1 aliphatic carbocycles. The third-order valence-corrected chi connectivity index (χ3v) is 6.86. The van der Waals surface area contributed by atoms with Crippen LogP contribution < -0.4 is 0 Å². The van der Waals surface area contributed by atoms with Crippen LogP contribution in [0.5, 0.6) is 0 Å². The van der Waals surface area contributed by atoms with Gasteiger partial charge in [-0.05, 0) is 49.4 Å². The average Bonchev–Trinajstić information content (AvgIpc) is 3.55. The summed E-state index contributed by atoms with van der Waals surface area (Å²) in [6.07, 6.45) is 8.83. The highest BCUT2D eigenvalue weighted by atomic mass is 35.5. The van der Waals surface area contributed by atoms with E-state index in [1.807, 2.05) is 29.2 Å². The lowest BCUT2D eigenvalue weighted by molar-refractivity contribution is -0.138. The number of halogens is 1. The van der Waals surface area contributed by atoms with E-state index in [1.54, 1.807) is 18.6 Å². The number of furan rings is 1. The highest BCUT2D eigenvalue weighted by Gasteiger charge is 2.45. The number of nitrogens with zero attached hydrogens (tertiary/aromatic N) is 3. The molecule has 0 atom stereocenters. The highest BCUT2D eigenvalue weighted by Crippen LogP contribution is 2.44.